The SMILES string of the molecule is CN(C)c1cc(C(=O)Nc2cccc(COCC(F)(F)C(F)F)c2)cc(Cl)n1. The number of carbonyl (C=O) groups is 1. The zero-order valence-corrected chi connectivity index (χ0v) is 15.8. The normalized spacial score (nSPS) is 11.6. The monoisotopic (exact) mass is 419 g/mol. The van der Waals surface area contributed by atoms with Crippen molar-refractivity contribution < 1.29 is 27.1 Å². The molecule has 0 unspecified atom stereocenters. The fraction of sp³-hybridized carbons (Fsp3) is 0.333. The van der Waals surface area contributed by atoms with Gasteiger partial charge in [-0.3, -0.25) is 4.79 Å². The van der Waals surface area contributed by atoms with Gasteiger partial charge in [0.15, 0.2) is 0 Å². The Hall–Kier alpha value is -2.39. The highest BCUT2D eigenvalue weighted by atomic mass is 35.5. The molecule has 0 spiro atoms. The minimum absolute atomic E-state index is 0.151. The number of nitrogens with one attached hydrogen (secondary N) is 1. The van der Waals surface area contributed by atoms with Crippen LogP contribution in [0.3, 0.4) is 0 Å². The molecular weight excluding hydrogens is 402 g/mol. The van der Waals surface area contributed by atoms with Gasteiger partial charge in [0.05, 0.1) is 6.61 Å². The highest BCUT2D eigenvalue weighted by Crippen LogP contribution is 2.24. The predicted molar refractivity (Wildman–Crippen MR) is 98.6 cm³/mol. The van der Waals surface area contributed by atoms with Gasteiger partial charge in [0.25, 0.3) is 5.91 Å². The fourth-order valence-electron chi connectivity index (χ4n) is 2.15. The van der Waals surface area contributed by atoms with E-state index < -0.39 is 24.9 Å². The minimum Gasteiger partial charge on any atom is -0.370 e. The average Bonchev–Trinajstić information content (AvgIpc) is 2.61. The van der Waals surface area contributed by atoms with Gasteiger partial charge >= 0.3 is 12.3 Å². The van der Waals surface area contributed by atoms with E-state index in [0.717, 1.165) is 0 Å². The molecule has 1 aromatic carbocycles. The molecule has 10 heteroatoms. The molecule has 1 amide bonds. The molecule has 0 aliphatic heterocycles. The number of carbonyl (C=O) groups excluding carboxylic acids is 1. The van der Waals surface area contributed by atoms with E-state index in [1.54, 1.807) is 43.3 Å². The van der Waals surface area contributed by atoms with Gasteiger partial charge in [-0.1, -0.05) is 23.7 Å². The van der Waals surface area contributed by atoms with Crippen molar-refractivity contribution >= 4 is 29.0 Å². The van der Waals surface area contributed by atoms with E-state index >= 15 is 0 Å². The van der Waals surface area contributed by atoms with Gasteiger partial charge in [-0.2, -0.15) is 8.78 Å². The summed E-state index contributed by atoms with van der Waals surface area (Å²) in [4.78, 5) is 18.2. The standard InChI is InChI=1S/C18H18ClF4N3O2/c1-26(2)15-8-12(7-14(19)25-15)16(27)24-13-5-3-4-11(6-13)9-28-10-18(22,23)17(20)21/h3-8,17H,9-10H2,1-2H3,(H,24,27). The average molecular weight is 420 g/mol. The number of anilines is 2. The van der Waals surface area contributed by atoms with Gasteiger partial charge in [-0.15, -0.1) is 0 Å². The van der Waals surface area contributed by atoms with Crippen LogP contribution < -0.4 is 10.2 Å². The predicted octanol–water partition coefficient (Wildman–Crippen LogP) is 4.47. The summed E-state index contributed by atoms with van der Waals surface area (Å²) in [6.07, 6.45) is -3.79. The number of hydrogen-bond acceptors (Lipinski definition) is 4. The topological polar surface area (TPSA) is 54.5 Å². The quantitative estimate of drug-likeness (QED) is 0.506. The molecular formula is C18H18ClF4N3O2. The Kier molecular flexibility index (Phi) is 7.20. The molecule has 0 saturated carbocycles. The number of hydrogen-bond donors (Lipinski definition) is 1. The van der Waals surface area contributed by atoms with Crippen molar-refractivity contribution in [1.82, 2.24) is 4.98 Å². The number of aromatic nitrogens is 1. The first kappa shape index (κ1) is 21.9. The highest BCUT2D eigenvalue weighted by Gasteiger charge is 2.40. The maximum atomic E-state index is 12.9. The third kappa shape index (κ3) is 6.07. The van der Waals surface area contributed by atoms with Crippen LogP contribution in [-0.4, -0.2) is 43.9 Å². The molecule has 0 bridgehead atoms. The summed E-state index contributed by atoms with van der Waals surface area (Å²) < 4.78 is 54.6. The first-order chi connectivity index (χ1) is 13.1. The van der Waals surface area contributed by atoms with Crippen LogP contribution in [0.5, 0.6) is 0 Å². The molecule has 0 saturated heterocycles. The molecule has 5 nitrogen and oxygen atoms in total. The third-order valence-corrected chi connectivity index (χ3v) is 3.76. The molecule has 152 valence electrons. The van der Waals surface area contributed by atoms with E-state index in [-0.39, 0.29) is 17.3 Å². The zero-order chi connectivity index (χ0) is 20.9. The summed E-state index contributed by atoms with van der Waals surface area (Å²) in [5, 5.41) is 2.80. The van der Waals surface area contributed by atoms with Gasteiger partial charge in [-0.05, 0) is 29.8 Å². The van der Waals surface area contributed by atoms with Crippen LogP contribution in [0.25, 0.3) is 0 Å². The van der Waals surface area contributed by atoms with Crippen LogP contribution in [0.2, 0.25) is 5.15 Å². The Morgan fingerprint density at radius 1 is 1.29 bits per heavy atom. The van der Waals surface area contributed by atoms with Crippen molar-refractivity contribution in [2.45, 2.75) is 19.0 Å². The third-order valence-electron chi connectivity index (χ3n) is 3.57. The van der Waals surface area contributed by atoms with E-state index in [1.165, 1.54) is 12.1 Å². The molecule has 2 aromatic rings. The summed E-state index contributed by atoms with van der Waals surface area (Å²) in [7, 11) is 3.50. The number of ether oxygens (including phenoxy) is 1. The second kappa shape index (κ2) is 9.20. The number of benzene rings is 1. The molecule has 1 heterocycles. The van der Waals surface area contributed by atoms with Crippen molar-refractivity contribution in [3.8, 4) is 0 Å². The highest BCUT2D eigenvalue weighted by molar-refractivity contribution is 6.30. The van der Waals surface area contributed by atoms with Crippen LogP contribution in [0.1, 0.15) is 15.9 Å². The second-order valence-corrected chi connectivity index (χ2v) is 6.53. The van der Waals surface area contributed by atoms with E-state index in [2.05, 4.69) is 15.0 Å². The van der Waals surface area contributed by atoms with Crippen molar-refractivity contribution in [2.24, 2.45) is 0 Å². The molecule has 1 aromatic heterocycles. The Bertz CT molecular complexity index is 834. The summed E-state index contributed by atoms with van der Waals surface area (Å²) in [6, 6.07) is 9.18. The van der Waals surface area contributed by atoms with Gasteiger partial charge in [0, 0.05) is 25.3 Å². The lowest BCUT2D eigenvalue weighted by molar-refractivity contribution is -0.168. The van der Waals surface area contributed by atoms with Crippen molar-refractivity contribution in [3.05, 3.63) is 52.7 Å². The molecule has 1 N–H and O–H groups in total. The van der Waals surface area contributed by atoms with E-state index in [1.807, 2.05) is 0 Å². The summed E-state index contributed by atoms with van der Waals surface area (Å²) in [5.74, 6) is -4.16. The van der Waals surface area contributed by atoms with Crippen LogP contribution in [0, 0.1) is 0 Å². The number of halogens is 5. The van der Waals surface area contributed by atoms with Gasteiger partial charge in [0.2, 0.25) is 0 Å². The minimum atomic E-state index is -4.21. The number of pyridine rings is 1. The first-order valence-corrected chi connectivity index (χ1v) is 8.45. The molecule has 0 aliphatic rings. The maximum Gasteiger partial charge on any atom is 0.330 e. The van der Waals surface area contributed by atoms with Crippen molar-refractivity contribution in [3.63, 3.8) is 0 Å². The molecule has 0 fully saturated rings. The summed E-state index contributed by atoms with van der Waals surface area (Å²) >= 11 is 5.93. The van der Waals surface area contributed by atoms with Crippen molar-refractivity contribution in [2.75, 3.05) is 30.9 Å². The number of rotatable bonds is 8. The lowest BCUT2D eigenvalue weighted by Gasteiger charge is -2.15. The molecule has 28 heavy (non-hydrogen) atoms. The lowest BCUT2D eigenvalue weighted by atomic mass is 10.2. The summed E-state index contributed by atoms with van der Waals surface area (Å²) in [6.45, 7) is -1.71. The van der Waals surface area contributed by atoms with Gasteiger partial charge in [0.1, 0.15) is 17.6 Å². The number of alkyl halides is 4. The largest absolute Gasteiger partial charge is 0.370 e. The second-order valence-electron chi connectivity index (χ2n) is 6.14. The fourth-order valence-corrected chi connectivity index (χ4v) is 2.36. The van der Waals surface area contributed by atoms with Crippen LogP contribution in [0.4, 0.5) is 29.1 Å². The molecule has 0 atom stereocenters. The molecule has 0 radical (unpaired) electrons. The zero-order valence-electron chi connectivity index (χ0n) is 15.1. The molecule has 0 aliphatic carbocycles. The molecule has 2 rings (SSSR count). The van der Waals surface area contributed by atoms with Crippen molar-refractivity contribution in [1.29, 1.82) is 0 Å². The van der Waals surface area contributed by atoms with Crippen LogP contribution in [-0.2, 0) is 11.3 Å². The Balaban J connectivity index is 2.03. The van der Waals surface area contributed by atoms with Gasteiger partial charge in [-0.25, -0.2) is 13.8 Å². The smallest absolute Gasteiger partial charge is 0.330 e. The van der Waals surface area contributed by atoms with Crippen LogP contribution >= 0.6 is 11.6 Å². The van der Waals surface area contributed by atoms with Crippen LogP contribution in [0.15, 0.2) is 36.4 Å². The Morgan fingerprint density at radius 2 is 2.00 bits per heavy atom. The Labute approximate surface area is 164 Å². The number of nitrogens with zero attached hydrogens (tertiary/aromatic N) is 2. The Morgan fingerprint density at radius 3 is 2.64 bits per heavy atom. The van der Waals surface area contributed by atoms with E-state index in [9.17, 15) is 22.4 Å². The number of amides is 1. The van der Waals surface area contributed by atoms with E-state index in [0.29, 0.717) is 17.1 Å². The summed E-state index contributed by atoms with van der Waals surface area (Å²) in [5.41, 5.74) is 1.09. The maximum absolute atomic E-state index is 12.9. The lowest BCUT2D eigenvalue weighted by Crippen LogP contribution is -2.32. The van der Waals surface area contributed by atoms with Gasteiger partial charge < -0.3 is 15.0 Å². The van der Waals surface area contributed by atoms with E-state index in [4.69, 9.17) is 11.6 Å². The first-order valence-electron chi connectivity index (χ1n) is 8.07.